The van der Waals surface area contributed by atoms with E-state index in [9.17, 15) is 24.3 Å². The second-order valence-electron chi connectivity index (χ2n) is 10.5. The summed E-state index contributed by atoms with van der Waals surface area (Å²) in [6.07, 6.45) is -0.369. The van der Waals surface area contributed by atoms with Crippen LogP contribution in [0.2, 0.25) is 0 Å². The molecular weight excluding hydrogens is 518 g/mol. The maximum Gasteiger partial charge on any atom is 0.408 e. The van der Waals surface area contributed by atoms with E-state index in [2.05, 4.69) is 28.1 Å². The lowest BCUT2D eigenvalue weighted by molar-refractivity contribution is -0.143. The monoisotopic (exact) mass is 555 g/mol. The summed E-state index contributed by atoms with van der Waals surface area (Å²) in [5, 5.41) is 25.7. The van der Waals surface area contributed by atoms with E-state index in [0.717, 1.165) is 22.3 Å². The Hall–Kier alpha value is -4.12. The molecule has 2 atom stereocenters. The molecule has 3 rings (SSSR count). The Bertz CT molecular complexity index is 1160. The van der Waals surface area contributed by atoms with Gasteiger partial charge in [0, 0.05) is 12.5 Å². The molecule has 3 amide bonds. The Labute approximate surface area is 233 Å². The Morgan fingerprint density at radius 3 is 2.02 bits per heavy atom. The first kappa shape index (κ1) is 30.4. The van der Waals surface area contributed by atoms with Crippen molar-refractivity contribution in [3.8, 4) is 11.1 Å². The molecule has 0 spiro atoms. The maximum atomic E-state index is 12.6. The summed E-state index contributed by atoms with van der Waals surface area (Å²) in [6.45, 7) is 4.67. The molecule has 216 valence electrons. The minimum Gasteiger partial charge on any atom is -0.480 e. The first-order valence-electron chi connectivity index (χ1n) is 13.2. The number of nitrogens with one attached hydrogen (secondary N) is 3. The molecule has 5 N–H and O–H groups in total. The fourth-order valence-corrected chi connectivity index (χ4v) is 4.49. The summed E-state index contributed by atoms with van der Waals surface area (Å²) < 4.78 is 10.7. The number of benzene rings is 2. The van der Waals surface area contributed by atoms with Crippen molar-refractivity contribution < 1.29 is 38.9 Å². The summed E-state index contributed by atoms with van der Waals surface area (Å²) in [5.41, 5.74) is 3.71. The van der Waals surface area contributed by atoms with Gasteiger partial charge < -0.3 is 35.6 Å². The molecular formula is C29H37N3O8. The SMILES string of the molecule is CC(C)(C)OC(=O)N[C@@H](CCCCNC(=O)OCC1c2ccccc2-c2ccccc21)C(=O)N[C@@H](CO)C(=O)O. The molecule has 0 heterocycles. The van der Waals surface area contributed by atoms with Gasteiger partial charge in [0.25, 0.3) is 0 Å². The predicted molar refractivity (Wildman–Crippen MR) is 147 cm³/mol. The van der Waals surface area contributed by atoms with Crippen LogP contribution in [0.15, 0.2) is 48.5 Å². The molecule has 2 aromatic rings. The third-order valence-electron chi connectivity index (χ3n) is 6.34. The number of fused-ring (bicyclic) bond motifs is 3. The van der Waals surface area contributed by atoms with E-state index in [4.69, 9.17) is 14.6 Å². The largest absolute Gasteiger partial charge is 0.480 e. The third kappa shape index (κ3) is 8.44. The van der Waals surface area contributed by atoms with Gasteiger partial charge in [-0.25, -0.2) is 14.4 Å². The topological polar surface area (TPSA) is 163 Å². The molecule has 11 heteroatoms. The minimum atomic E-state index is -1.51. The Morgan fingerprint density at radius 1 is 0.875 bits per heavy atom. The number of carbonyl (C=O) groups is 4. The molecule has 1 aliphatic rings. The van der Waals surface area contributed by atoms with Gasteiger partial charge in [0.05, 0.1) is 6.61 Å². The van der Waals surface area contributed by atoms with Crippen molar-refractivity contribution in [1.29, 1.82) is 0 Å². The van der Waals surface area contributed by atoms with Gasteiger partial charge in [-0.3, -0.25) is 4.79 Å². The van der Waals surface area contributed by atoms with E-state index in [0.29, 0.717) is 12.8 Å². The van der Waals surface area contributed by atoms with E-state index in [1.807, 2.05) is 36.4 Å². The van der Waals surface area contributed by atoms with Crippen molar-refractivity contribution >= 4 is 24.1 Å². The fourth-order valence-electron chi connectivity index (χ4n) is 4.49. The number of amides is 3. The van der Waals surface area contributed by atoms with Gasteiger partial charge in [-0.05, 0) is 62.3 Å². The normalized spacial score (nSPS) is 13.8. The summed E-state index contributed by atoms with van der Waals surface area (Å²) in [7, 11) is 0. The van der Waals surface area contributed by atoms with Gasteiger partial charge >= 0.3 is 18.2 Å². The molecule has 11 nitrogen and oxygen atoms in total. The van der Waals surface area contributed by atoms with Crippen molar-refractivity contribution in [2.75, 3.05) is 19.8 Å². The number of aliphatic carboxylic acids is 1. The zero-order chi connectivity index (χ0) is 29.3. The van der Waals surface area contributed by atoms with Gasteiger partial charge in [-0.15, -0.1) is 0 Å². The van der Waals surface area contributed by atoms with Crippen LogP contribution in [-0.4, -0.2) is 71.7 Å². The lowest BCUT2D eigenvalue weighted by Crippen LogP contribution is -2.53. The van der Waals surface area contributed by atoms with Crippen LogP contribution >= 0.6 is 0 Å². The number of ether oxygens (including phenoxy) is 2. The molecule has 0 saturated carbocycles. The molecule has 40 heavy (non-hydrogen) atoms. The molecule has 2 aromatic carbocycles. The van der Waals surface area contributed by atoms with Crippen LogP contribution in [0.1, 0.15) is 57.1 Å². The highest BCUT2D eigenvalue weighted by Gasteiger charge is 2.30. The predicted octanol–water partition coefficient (Wildman–Crippen LogP) is 3.15. The summed E-state index contributed by atoms with van der Waals surface area (Å²) >= 11 is 0. The van der Waals surface area contributed by atoms with Crippen molar-refractivity contribution in [3.63, 3.8) is 0 Å². The number of carbonyl (C=O) groups excluding carboxylic acids is 3. The second-order valence-corrected chi connectivity index (χ2v) is 10.5. The number of hydrogen-bond donors (Lipinski definition) is 5. The number of aliphatic hydroxyl groups excluding tert-OH is 1. The van der Waals surface area contributed by atoms with Crippen LogP contribution in [0, 0.1) is 0 Å². The number of rotatable bonds is 12. The molecule has 0 aromatic heterocycles. The van der Waals surface area contributed by atoms with E-state index < -0.39 is 48.4 Å². The summed E-state index contributed by atoms with van der Waals surface area (Å²) in [4.78, 5) is 48.4. The van der Waals surface area contributed by atoms with Gasteiger partial charge in [0.1, 0.15) is 24.3 Å². The third-order valence-corrected chi connectivity index (χ3v) is 6.34. The van der Waals surface area contributed by atoms with E-state index in [1.165, 1.54) is 0 Å². The summed E-state index contributed by atoms with van der Waals surface area (Å²) in [6, 6.07) is 13.5. The summed E-state index contributed by atoms with van der Waals surface area (Å²) in [5.74, 6) is -2.22. The number of carboxylic acids is 1. The van der Waals surface area contributed by atoms with Gasteiger partial charge in [-0.1, -0.05) is 48.5 Å². The van der Waals surface area contributed by atoms with Gasteiger partial charge in [0.2, 0.25) is 5.91 Å². The van der Waals surface area contributed by atoms with Crippen LogP contribution in [-0.2, 0) is 19.1 Å². The number of unbranched alkanes of at least 4 members (excludes halogenated alkanes) is 1. The van der Waals surface area contributed by atoms with E-state index >= 15 is 0 Å². The molecule has 0 unspecified atom stereocenters. The molecule has 0 saturated heterocycles. The van der Waals surface area contributed by atoms with Crippen LogP contribution in [0.5, 0.6) is 0 Å². The van der Waals surface area contributed by atoms with Gasteiger partial charge in [-0.2, -0.15) is 0 Å². The molecule has 0 radical (unpaired) electrons. The van der Waals surface area contributed by atoms with Crippen molar-refractivity contribution in [3.05, 3.63) is 59.7 Å². The fraction of sp³-hybridized carbons (Fsp3) is 0.448. The Balaban J connectivity index is 1.47. The van der Waals surface area contributed by atoms with Gasteiger partial charge in [0.15, 0.2) is 0 Å². The molecule has 0 fully saturated rings. The van der Waals surface area contributed by atoms with Crippen LogP contribution in [0.3, 0.4) is 0 Å². The van der Waals surface area contributed by atoms with Crippen molar-refractivity contribution in [1.82, 2.24) is 16.0 Å². The molecule has 0 aliphatic heterocycles. The zero-order valence-corrected chi connectivity index (χ0v) is 22.9. The van der Waals surface area contributed by atoms with Crippen LogP contribution < -0.4 is 16.0 Å². The highest BCUT2D eigenvalue weighted by Crippen LogP contribution is 2.44. The first-order valence-corrected chi connectivity index (χ1v) is 13.2. The number of hydrogen-bond acceptors (Lipinski definition) is 7. The number of alkyl carbamates (subject to hydrolysis) is 2. The first-order chi connectivity index (χ1) is 19.0. The van der Waals surface area contributed by atoms with E-state index in [-0.39, 0.29) is 25.5 Å². The quantitative estimate of drug-likeness (QED) is 0.249. The molecule has 1 aliphatic carbocycles. The average Bonchev–Trinajstić information content (AvgIpc) is 3.22. The lowest BCUT2D eigenvalue weighted by atomic mass is 9.98. The number of carboxylic acid groups (broad SMARTS) is 1. The highest BCUT2D eigenvalue weighted by atomic mass is 16.6. The minimum absolute atomic E-state index is 0.0510. The Morgan fingerprint density at radius 2 is 1.48 bits per heavy atom. The Kier molecular flexibility index (Phi) is 10.5. The standard InChI is InChI=1S/C29H37N3O8/c1-29(2,3)40-28(38)32-23(25(34)31-24(16-33)26(35)36)14-8-9-15-30-27(37)39-17-22-20-12-6-4-10-18(20)19-11-5-7-13-21(19)22/h4-7,10-13,22-24,33H,8-9,14-17H2,1-3H3,(H,30,37)(H,31,34)(H,32,38)(H,35,36)/t23-,24-/m0/s1. The second kappa shape index (κ2) is 13.8. The van der Waals surface area contributed by atoms with Crippen LogP contribution in [0.25, 0.3) is 11.1 Å². The average molecular weight is 556 g/mol. The number of aliphatic hydroxyl groups is 1. The highest BCUT2D eigenvalue weighted by molar-refractivity contribution is 5.89. The van der Waals surface area contributed by atoms with Crippen LogP contribution in [0.4, 0.5) is 9.59 Å². The zero-order valence-electron chi connectivity index (χ0n) is 22.9. The van der Waals surface area contributed by atoms with Crippen molar-refractivity contribution in [2.24, 2.45) is 0 Å². The van der Waals surface area contributed by atoms with E-state index in [1.54, 1.807) is 20.8 Å². The lowest BCUT2D eigenvalue weighted by Gasteiger charge is -2.24. The smallest absolute Gasteiger partial charge is 0.408 e. The van der Waals surface area contributed by atoms with Crippen molar-refractivity contribution in [2.45, 2.75) is 63.6 Å². The maximum absolute atomic E-state index is 12.6. The molecule has 0 bridgehead atoms.